The minimum atomic E-state index is -0.243. The molecule has 0 aliphatic heterocycles. The molecule has 2 rings (SSSR count). The molecular weight excluding hydrogens is 297 g/mol. The summed E-state index contributed by atoms with van der Waals surface area (Å²) in [5.41, 5.74) is 0.903. The number of benzene rings is 1. The Kier molecular flexibility index (Phi) is 4.14. The first-order chi connectivity index (χ1) is 8.63. The smallest absolute Gasteiger partial charge is 0.137 e. The van der Waals surface area contributed by atoms with E-state index in [9.17, 15) is 4.39 Å². The highest BCUT2D eigenvalue weighted by molar-refractivity contribution is 9.10. The summed E-state index contributed by atoms with van der Waals surface area (Å²) in [6, 6.07) is 5.10. The maximum atomic E-state index is 13.5. The quantitative estimate of drug-likeness (QED) is 0.941. The van der Waals surface area contributed by atoms with E-state index in [-0.39, 0.29) is 11.9 Å². The highest BCUT2D eigenvalue weighted by Gasteiger charge is 2.17. The average Bonchev–Trinajstić information content (AvgIpc) is 2.76. The van der Waals surface area contributed by atoms with E-state index in [1.807, 2.05) is 30.9 Å². The fraction of sp³-hybridized carbons (Fsp3) is 0.308. The fourth-order valence-electron chi connectivity index (χ4n) is 1.93. The number of hydrogen-bond acceptors (Lipinski definition) is 2. The maximum Gasteiger partial charge on any atom is 0.137 e. The number of halogens is 2. The number of nitrogens with zero attached hydrogens (tertiary/aromatic N) is 2. The molecule has 1 N–H and O–H groups in total. The van der Waals surface area contributed by atoms with Gasteiger partial charge in [0.25, 0.3) is 0 Å². The van der Waals surface area contributed by atoms with Crippen LogP contribution in [0.2, 0.25) is 0 Å². The second-order valence-corrected chi connectivity index (χ2v) is 4.94. The number of nitrogens with one attached hydrogen (secondary N) is 1. The standard InChI is InChI=1S/C13H15BrFN3/c1-16-11(8-12-17-6-7-18(12)2)9-4-3-5-10(15)13(9)14/h3-7,11,16H,8H2,1-2H3. The summed E-state index contributed by atoms with van der Waals surface area (Å²) in [5.74, 6) is 0.720. The van der Waals surface area contributed by atoms with Crippen LogP contribution in [-0.4, -0.2) is 16.6 Å². The molecule has 1 aromatic heterocycles. The van der Waals surface area contributed by atoms with Gasteiger partial charge < -0.3 is 9.88 Å². The second-order valence-electron chi connectivity index (χ2n) is 4.14. The molecule has 0 saturated carbocycles. The van der Waals surface area contributed by atoms with E-state index in [0.717, 1.165) is 11.4 Å². The van der Waals surface area contributed by atoms with E-state index in [1.54, 1.807) is 12.3 Å². The van der Waals surface area contributed by atoms with Crippen LogP contribution in [0.5, 0.6) is 0 Å². The molecule has 1 unspecified atom stereocenters. The van der Waals surface area contributed by atoms with Gasteiger partial charge in [-0.15, -0.1) is 0 Å². The molecule has 0 fully saturated rings. The maximum absolute atomic E-state index is 13.5. The summed E-state index contributed by atoms with van der Waals surface area (Å²) in [4.78, 5) is 4.30. The SMILES string of the molecule is CNC(Cc1nccn1C)c1cccc(F)c1Br. The van der Waals surface area contributed by atoms with Crippen LogP contribution >= 0.6 is 15.9 Å². The van der Waals surface area contributed by atoms with Crippen LogP contribution in [0.15, 0.2) is 35.1 Å². The van der Waals surface area contributed by atoms with Crippen LogP contribution in [0.25, 0.3) is 0 Å². The van der Waals surface area contributed by atoms with Gasteiger partial charge in [0.2, 0.25) is 0 Å². The summed E-state index contributed by atoms with van der Waals surface area (Å²) >= 11 is 3.30. The van der Waals surface area contributed by atoms with Crippen LogP contribution in [0.3, 0.4) is 0 Å². The van der Waals surface area contributed by atoms with Crippen molar-refractivity contribution in [3.05, 3.63) is 52.3 Å². The molecule has 0 aliphatic rings. The van der Waals surface area contributed by atoms with E-state index in [1.165, 1.54) is 6.07 Å². The second kappa shape index (κ2) is 5.63. The topological polar surface area (TPSA) is 29.9 Å². The predicted octanol–water partition coefficient (Wildman–Crippen LogP) is 2.82. The van der Waals surface area contributed by atoms with Gasteiger partial charge >= 0.3 is 0 Å². The lowest BCUT2D eigenvalue weighted by atomic mass is 10.0. The largest absolute Gasteiger partial charge is 0.338 e. The van der Waals surface area contributed by atoms with Gasteiger partial charge in [-0.2, -0.15) is 0 Å². The zero-order valence-corrected chi connectivity index (χ0v) is 11.9. The van der Waals surface area contributed by atoms with Gasteiger partial charge in [0.05, 0.1) is 4.47 Å². The molecule has 0 radical (unpaired) electrons. The van der Waals surface area contributed by atoms with E-state index >= 15 is 0 Å². The monoisotopic (exact) mass is 311 g/mol. The Morgan fingerprint density at radius 3 is 2.89 bits per heavy atom. The van der Waals surface area contributed by atoms with Crippen LogP contribution in [0.1, 0.15) is 17.4 Å². The van der Waals surface area contributed by atoms with Crippen molar-refractivity contribution in [3.63, 3.8) is 0 Å². The number of likely N-dealkylation sites (N-methyl/N-ethyl adjacent to an activating group) is 1. The van der Waals surface area contributed by atoms with Gasteiger partial charge in [0, 0.05) is 31.9 Å². The zero-order valence-electron chi connectivity index (χ0n) is 10.3. The van der Waals surface area contributed by atoms with Crippen LogP contribution < -0.4 is 5.32 Å². The molecule has 1 heterocycles. The van der Waals surface area contributed by atoms with E-state index < -0.39 is 0 Å². The number of aromatic nitrogens is 2. The van der Waals surface area contributed by atoms with Crippen molar-refractivity contribution in [1.82, 2.24) is 14.9 Å². The first-order valence-corrected chi connectivity index (χ1v) is 6.50. The molecule has 3 nitrogen and oxygen atoms in total. The molecule has 2 aromatic rings. The lowest BCUT2D eigenvalue weighted by molar-refractivity contribution is 0.550. The number of imidazole rings is 1. The number of hydrogen-bond donors (Lipinski definition) is 1. The molecule has 0 aliphatic carbocycles. The van der Waals surface area contributed by atoms with Gasteiger partial charge in [-0.1, -0.05) is 12.1 Å². The van der Waals surface area contributed by atoms with Crippen molar-refractivity contribution < 1.29 is 4.39 Å². The van der Waals surface area contributed by atoms with Crippen LogP contribution in [0, 0.1) is 5.82 Å². The number of aryl methyl sites for hydroxylation is 1. The van der Waals surface area contributed by atoms with Crippen molar-refractivity contribution >= 4 is 15.9 Å². The lowest BCUT2D eigenvalue weighted by Crippen LogP contribution is -2.21. The number of rotatable bonds is 4. The van der Waals surface area contributed by atoms with Gasteiger partial charge in [0.1, 0.15) is 11.6 Å². The Labute approximate surface area is 114 Å². The van der Waals surface area contributed by atoms with Gasteiger partial charge in [-0.05, 0) is 34.6 Å². The summed E-state index contributed by atoms with van der Waals surface area (Å²) in [6.07, 6.45) is 4.38. The Bertz CT molecular complexity index is 539. The van der Waals surface area contributed by atoms with E-state index in [2.05, 4.69) is 26.2 Å². The van der Waals surface area contributed by atoms with Crippen molar-refractivity contribution in [2.75, 3.05) is 7.05 Å². The zero-order chi connectivity index (χ0) is 13.1. The molecule has 0 spiro atoms. The summed E-state index contributed by atoms with van der Waals surface area (Å²) in [6.45, 7) is 0. The minimum absolute atomic E-state index is 0.0242. The van der Waals surface area contributed by atoms with Gasteiger partial charge in [0.15, 0.2) is 0 Å². The van der Waals surface area contributed by atoms with Crippen LogP contribution in [0.4, 0.5) is 4.39 Å². The van der Waals surface area contributed by atoms with E-state index in [0.29, 0.717) is 10.9 Å². The molecule has 0 saturated heterocycles. The Hall–Kier alpha value is -1.20. The first kappa shape index (κ1) is 13.2. The fourth-order valence-corrected chi connectivity index (χ4v) is 2.47. The van der Waals surface area contributed by atoms with Gasteiger partial charge in [-0.25, -0.2) is 9.37 Å². The molecule has 96 valence electrons. The van der Waals surface area contributed by atoms with E-state index in [4.69, 9.17) is 0 Å². The Balaban J connectivity index is 2.29. The molecule has 18 heavy (non-hydrogen) atoms. The summed E-state index contributed by atoms with van der Waals surface area (Å²) in [5, 5.41) is 3.20. The average molecular weight is 312 g/mol. The predicted molar refractivity (Wildman–Crippen MR) is 72.8 cm³/mol. The van der Waals surface area contributed by atoms with Crippen molar-refractivity contribution in [2.45, 2.75) is 12.5 Å². The van der Waals surface area contributed by atoms with Crippen molar-refractivity contribution in [2.24, 2.45) is 7.05 Å². The molecule has 0 bridgehead atoms. The first-order valence-electron chi connectivity index (χ1n) is 5.71. The summed E-state index contributed by atoms with van der Waals surface area (Å²) in [7, 11) is 3.82. The Morgan fingerprint density at radius 1 is 1.50 bits per heavy atom. The molecule has 1 aromatic carbocycles. The lowest BCUT2D eigenvalue weighted by Gasteiger charge is -2.18. The highest BCUT2D eigenvalue weighted by Crippen LogP contribution is 2.27. The van der Waals surface area contributed by atoms with Gasteiger partial charge in [-0.3, -0.25) is 0 Å². The molecule has 0 amide bonds. The summed E-state index contributed by atoms with van der Waals surface area (Å²) < 4.78 is 16.0. The van der Waals surface area contributed by atoms with Crippen LogP contribution in [-0.2, 0) is 13.5 Å². The third kappa shape index (κ3) is 2.62. The molecule has 1 atom stereocenters. The molecule has 5 heteroatoms. The molecular formula is C13H15BrFN3. The minimum Gasteiger partial charge on any atom is -0.338 e. The third-order valence-electron chi connectivity index (χ3n) is 3.01. The van der Waals surface area contributed by atoms with Crippen molar-refractivity contribution in [3.8, 4) is 0 Å². The third-order valence-corrected chi connectivity index (χ3v) is 3.85. The Morgan fingerprint density at radius 2 is 2.28 bits per heavy atom. The van der Waals surface area contributed by atoms with Crippen molar-refractivity contribution in [1.29, 1.82) is 0 Å². The highest BCUT2D eigenvalue weighted by atomic mass is 79.9. The normalized spacial score (nSPS) is 12.7.